The predicted octanol–water partition coefficient (Wildman–Crippen LogP) is 0.473. The Hall–Kier alpha value is -1.06. The molecule has 4 heteroatoms. The molecule has 0 amide bonds. The van der Waals surface area contributed by atoms with Crippen LogP contribution >= 0.6 is 0 Å². The van der Waals surface area contributed by atoms with E-state index in [1.807, 2.05) is 0 Å². The lowest BCUT2D eigenvalue weighted by Gasteiger charge is -1.92. The van der Waals surface area contributed by atoms with E-state index in [9.17, 15) is 10.1 Å². The van der Waals surface area contributed by atoms with Gasteiger partial charge in [0.25, 0.3) is 0 Å². The van der Waals surface area contributed by atoms with Gasteiger partial charge in [-0.05, 0) is 18.8 Å². The first kappa shape index (κ1) is 6.94. The van der Waals surface area contributed by atoms with Crippen molar-refractivity contribution in [3.63, 3.8) is 0 Å². The van der Waals surface area contributed by atoms with Crippen LogP contribution in [0, 0.1) is 10.1 Å². The van der Waals surface area contributed by atoms with Crippen molar-refractivity contribution in [2.24, 2.45) is 5.73 Å². The minimum absolute atomic E-state index is 0.259. The molecule has 0 unspecified atom stereocenters. The number of hydrogen-bond donors (Lipinski definition) is 1. The molecule has 0 radical (unpaired) electrons. The topological polar surface area (TPSA) is 69.2 Å². The summed E-state index contributed by atoms with van der Waals surface area (Å²) in [5, 5.41) is 9.76. The number of nitro groups is 1. The maximum Gasteiger partial charge on any atom is 0.312 e. The molecule has 0 aromatic heterocycles. The van der Waals surface area contributed by atoms with Crippen LogP contribution in [-0.4, -0.2) is 4.92 Å². The second-order valence-electron chi connectivity index (χ2n) is 1.64. The van der Waals surface area contributed by atoms with Gasteiger partial charge in [-0.15, -0.1) is 0 Å². The number of allylic oxidation sites excluding steroid dienone is 1. The summed E-state index contributed by atoms with van der Waals surface area (Å²) in [6.45, 7) is 3.19. The lowest BCUT2D eigenvalue weighted by molar-refractivity contribution is -0.427. The Balaban J connectivity index is 4.23. The van der Waals surface area contributed by atoms with Crippen molar-refractivity contribution in [3.05, 3.63) is 21.5 Å². The Morgan fingerprint density at radius 2 is 2.00 bits per heavy atom. The Morgan fingerprint density at radius 3 is 2.00 bits per heavy atom. The highest BCUT2D eigenvalue weighted by atomic mass is 16.6. The zero-order valence-corrected chi connectivity index (χ0v) is 4.84. The van der Waals surface area contributed by atoms with Crippen molar-refractivity contribution in [1.82, 2.24) is 0 Å². The van der Waals surface area contributed by atoms with Gasteiger partial charge in [-0.2, -0.15) is 0 Å². The summed E-state index contributed by atoms with van der Waals surface area (Å²) < 4.78 is 0. The van der Waals surface area contributed by atoms with Crippen LogP contribution in [0.15, 0.2) is 11.4 Å². The Labute approximate surface area is 47.1 Å². The van der Waals surface area contributed by atoms with Crippen LogP contribution in [0.4, 0.5) is 0 Å². The molecule has 0 aliphatic carbocycles. The summed E-state index contributed by atoms with van der Waals surface area (Å²) in [5.74, 6) is -0.259. The monoisotopic (exact) mass is 116 g/mol. The quantitative estimate of drug-likeness (QED) is 0.400. The third-order valence-corrected chi connectivity index (χ3v) is 0.709. The molecule has 0 fully saturated rings. The molecule has 0 aromatic rings. The third-order valence-electron chi connectivity index (χ3n) is 0.709. The van der Waals surface area contributed by atoms with E-state index in [0.717, 1.165) is 0 Å². The van der Waals surface area contributed by atoms with Gasteiger partial charge < -0.3 is 10.1 Å². The Bertz CT molecular complexity index is 135. The first-order chi connectivity index (χ1) is 3.55. The van der Waals surface area contributed by atoms with E-state index >= 15 is 0 Å². The summed E-state index contributed by atoms with van der Waals surface area (Å²) in [6.07, 6.45) is 0. The summed E-state index contributed by atoms with van der Waals surface area (Å²) in [5.41, 5.74) is 5.48. The van der Waals surface area contributed by atoms with Crippen LogP contribution in [0.5, 0.6) is 0 Å². The summed E-state index contributed by atoms with van der Waals surface area (Å²) in [6, 6.07) is 0. The van der Waals surface area contributed by atoms with Crippen molar-refractivity contribution in [1.29, 1.82) is 0 Å². The van der Waals surface area contributed by atoms with Gasteiger partial charge >= 0.3 is 5.82 Å². The predicted molar refractivity (Wildman–Crippen MR) is 29.6 cm³/mol. The number of nitrogens with two attached hydrogens (primary N) is 1. The molecule has 0 bridgehead atoms. The summed E-state index contributed by atoms with van der Waals surface area (Å²) in [7, 11) is 0. The molecule has 0 heterocycles. The Morgan fingerprint density at radius 1 is 1.62 bits per heavy atom. The number of rotatable bonds is 1. The van der Waals surface area contributed by atoms with E-state index < -0.39 is 4.92 Å². The average Bonchev–Trinajstić information content (AvgIpc) is 1.64. The van der Waals surface area contributed by atoms with E-state index in [-0.39, 0.29) is 5.82 Å². The zero-order chi connectivity index (χ0) is 6.73. The van der Waals surface area contributed by atoms with Gasteiger partial charge in [0.2, 0.25) is 0 Å². The molecule has 0 saturated carbocycles. The second-order valence-corrected chi connectivity index (χ2v) is 1.64. The highest BCUT2D eigenvalue weighted by Crippen LogP contribution is 1.93. The maximum atomic E-state index is 9.76. The first-order valence-corrected chi connectivity index (χ1v) is 2.13. The molecule has 0 rings (SSSR count). The van der Waals surface area contributed by atoms with Crippen molar-refractivity contribution in [2.45, 2.75) is 13.8 Å². The highest BCUT2D eigenvalue weighted by molar-refractivity contribution is 4.96. The SMILES string of the molecule is CC(C)=C(N)[N+](=O)[O-]. The average molecular weight is 116 g/mol. The van der Waals surface area contributed by atoms with E-state index in [4.69, 9.17) is 5.73 Å². The molecule has 0 atom stereocenters. The van der Waals surface area contributed by atoms with Gasteiger partial charge in [0.15, 0.2) is 0 Å². The van der Waals surface area contributed by atoms with Gasteiger partial charge in [0.05, 0.1) is 0 Å². The van der Waals surface area contributed by atoms with E-state index in [1.165, 1.54) is 0 Å². The molecular weight excluding hydrogens is 108 g/mol. The van der Waals surface area contributed by atoms with Gasteiger partial charge in [-0.3, -0.25) is 5.73 Å². The van der Waals surface area contributed by atoms with Crippen molar-refractivity contribution < 1.29 is 4.92 Å². The van der Waals surface area contributed by atoms with E-state index in [0.29, 0.717) is 5.57 Å². The van der Waals surface area contributed by atoms with Gasteiger partial charge in [0.1, 0.15) is 0 Å². The van der Waals surface area contributed by atoms with Crippen LogP contribution in [0.3, 0.4) is 0 Å². The van der Waals surface area contributed by atoms with Crippen LogP contribution in [0.25, 0.3) is 0 Å². The van der Waals surface area contributed by atoms with Gasteiger partial charge in [-0.25, -0.2) is 0 Å². The number of nitrogens with zero attached hydrogens (tertiary/aromatic N) is 1. The normalized spacial score (nSPS) is 8.25. The fraction of sp³-hybridized carbons (Fsp3) is 0.500. The van der Waals surface area contributed by atoms with Crippen molar-refractivity contribution in [2.75, 3.05) is 0 Å². The molecule has 8 heavy (non-hydrogen) atoms. The molecule has 0 aliphatic rings. The van der Waals surface area contributed by atoms with Crippen LogP contribution in [0.2, 0.25) is 0 Å². The molecule has 0 spiro atoms. The maximum absolute atomic E-state index is 9.76. The number of hydrogen-bond acceptors (Lipinski definition) is 3. The molecular formula is C4H8N2O2. The minimum atomic E-state index is -0.602. The molecule has 46 valence electrons. The first-order valence-electron chi connectivity index (χ1n) is 2.13. The van der Waals surface area contributed by atoms with Gasteiger partial charge in [0, 0.05) is 5.57 Å². The molecule has 0 saturated heterocycles. The van der Waals surface area contributed by atoms with Gasteiger partial charge in [-0.1, -0.05) is 0 Å². The molecule has 4 nitrogen and oxygen atoms in total. The van der Waals surface area contributed by atoms with Crippen LogP contribution in [-0.2, 0) is 0 Å². The van der Waals surface area contributed by atoms with E-state index in [1.54, 1.807) is 13.8 Å². The third kappa shape index (κ3) is 1.59. The fourth-order valence-corrected chi connectivity index (χ4v) is 0.183. The lowest BCUT2D eigenvalue weighted by atomic mass is 10.4. The fourth-order valence-electron chi connectivity index (χ4n) is 0.183. The molecule has 0 aromatic carbocycles. The van der Waals surface area contributed by atoms with Crippen molar-refractivity contribution >= 4 is 0 Å². The van der Waals surface area contributed by atoms with Crippen molar-refractivity contribution in [3.8, 4) is 0 Å². The smallest absolute Gasteiger partial charge is 0.312 e. The minimum Gasteiger partial charge on any atom is -0.358 e. The largest absolute Gasteiger partial charge is 0.358 e. The van der Waals surface area contributed by atoms with Crippen LogP contribution < -0.4 is 5.73 Å². The summed E-state index contributed by atoms with van der Waals surface area (Å²) in [4.78, 5) is 9.16. The van der Waals surface area contributed by atoms with Crippen LogP contribution in [0.1, 0.15) is 13.8 Å². The molecule has 0 aliphatic heterocycles. The molecule has 2 N–H and O–H groups in total. The lowest BCUT2D eigenvalue weighted by Crippen LogP contribution is -2.09. The zero-order valence-electron chi connectivity index (χ0n) is 4.84. The Kier molecular flexibility index (Phi) is 1.99. The van der Waals surface area contributed by atoms with E-state index in [2.05, 4.69) is 0 Å². The standard InChI is InChI=1S/C4H8N2O2/c1-3(2)4(5)6(7)8/h5H2,1-2H3. The summed E-state index contributed by atoms with van der Waals surface area (Å²) >= 11 is 0. The second kappa shape index (κ2) is 2.30. The highest BCUT2D eigenvalue weighted by Gasteiger charge is 1.99.